The molecule has 0 bridgehead atoms. The van der Waals surface area contributed by atoms with Crippen LogP contribution < -0.4 is 4.74 Å². The molecule has 3 aromatic rings. The van der Waals surface area contributed by atoms with Crippen molar-refractivity contribution < 1.29 is 4.74 Å². The van der Waals surface area contributed by atoms with Gasteiger partial charge in [-0.1, -0.05) is 18.2 Å². The second-order valence-electron chi connectivity index (χ2n) is 4.78. The van der Waals surface area contributed by atoms with Crippen LogP contribution in [0.25, 0.3) is 11.2 Å². The first kappa shape index (κ1) is 14.0. The smallest absolute Gasteiger partial charge is 0.176 e. The molecule has 5 nitrogen and oxygen atoms in total. The van der Waals surface area contributed by atoms with Crippen LogP contribution in [0, 0.1) is 0 Å². The highest BCUT2D eigenvalue weighted by Crippen LogP contribution is 2.20. The molecule has 0 saturated carbocycles. The Morgan fingerprint density at radius 2 is 2.19 bits per heavy atom. The number of para-hydroxylation sites is 1. The summed E-state index contributed by atoms with van der Waals surface area (Å²) in [6, 6.07) is 7.99. The molecule has 0 spiro atoms. The molecule has 1 aromatic carbocycles. The van der Waals surface area contributed by atoms with Crippen molar-refractivity contribution in [1.82, 2.24) is 19.7 Å². The molecule has 2 heterocycles. The number of methoxy groups -OCH3 is 1. The van der Waals surface area contributed by atoms with E-state index >= 15 is 0 Å². The van der Waals surface area contributed by atoms with E-state index in [1.54, 1.807) is 7.11 Å². The third-order valence-electron chi connectivity index (χ3n) is 3.39. The van der Waals surface area contributed by atoms with E-state index in [0.717, 1.165) is 40.5 Å². The van der Waals surface area contributed by atoms with Gasteiger partial charge < -0.3 is 9.72 Å². The van der Waals surface area contributed by atoms with Crippen LogP contribution in [0.5, 0.6) is 5.75 Å². The average molecular weight is 302 g/mol. The van der Waals surface area contributed by atoms with E-state index in [-0.39, 0.29) is 0 Å². The zero-order valence-corrected chi connectivity index (χ0v) is 13.0. The van der Waals surface area contributed by atoms with E-state index in [0.29, 0.717) is 6.54 Å². The van der Waals surface area contributed by atoms with Crippen LogP contribution in [0.15, 0.2) is 30.5 Å². The summed E-state index contributed by atoms with van der Waals surface area (Å²) in [5.41, 5.74) is 2.98. The molecule has 0 aliphatic heterocycles. The highest BCUT2D eigenvalue weighted by molar-refractivity contribution is 7.98. The first-order valence-electron chi connectivity index (χ1n) is 6.83. The summed E-state index contributed by atoms with van der Waals surface area (Å²) in [7, 11) is 1.69. The van der Waals surface area contributed by atoms with Gasteiger partial charge >= 0.3 is 0 Å². The van der Waals surface area contributed by atoms with E-state index in [2.05, 4.69) is 21.3 Å². The van der Waals surface area contributed by atoms with E-state index in [1.165, 1.54) is 0 Å². The third kappa shape index (κ3) is 2.90. The van der Waals surface area contributed by atoms with Crippen molar-refractivity contribution in [2.45, 2.75) is 13.0 Å². The van der Waals surface area contributed by atoms with E-state index in [4.69, 9.17) is 4.74 Å². The highest BCUT2D eigenvalue weighted by atomic mass is 32.2. The number of ether oxygens (including phenoxy) is 1. The van der Waals surface area contributed by atoms with Crippen LogP contribution in [0.2, 0.25) is 0 Å². The minimum atomic E-state index is 0.653. The van der Waals surface area contributed by atoms with Crippen LogP contribution in [0.3, 0.4) is 0 Å². The molecule has 0 amide bonds. The fraction of sp³-hybridized carbons (Fsp3) is 0.333. The lowest BCUT2D eigenvalue weighted by molar-refractivity contribution is 0.407. The zero-order valence-electron chi connectivity index (χ0n) is 12.2. The monoisotopic (exact) mass is 302 g/mol. The molecule has 6 heteroatoms. The van der Waals surface area contributed by atoms with Gasteiger partial charge in [0.1, 0.15) is 17.1 Å². The molecule has 0 atom stereocenters. The molecule has 110 valence electrons. The Kier molecular flexibility index (Phi) is 4.15. The third-order valence-corrected chi connectivity index (χ3v) is 4.00. The maximum Gasteiger partial charge on any atom is 0.176 e. The Morgan fingerprint density at radius 1 is 1.33 bits per heavy atom. The van der Waals surface area contributed by atoms with Gasteiger partial charge in [-0.3, -0.25) is 0 Å². The van der Waals surface area contributed by atoms with E-state index in [9.17, 15) is 0 Å². The second kappa shape index (κ2) is 6.22. The standard InChI is InChI=1S/C15H18N4OS/c1-20-13-6-4-3-5-11(13)10-19-15-12(9-16-19)17-14(18-15)7-8-21-2/h3-6,9H,7-8,10H2,1-2H3,(H,17,18). The number of H-pyrrole nitrogens is 1. The molecular weight excluding hydrogens is 284 g/mol. The summed E-state index contributed by atoms with van der Waals surface area (Å²) in [4.78, 5) is 7.98. The summed E-state index contributed by atoms with van der Waals surface area (Å²) in [5, 5.41) is 4.41. The topological polar surface area (TPSA) is 55.7 Å². The molecule has 0 fully saturated rings. The van der Waals surface area contributed by atoms with Crippen molar-refractivity contribution in [3.63, 3.8) is 0 Å². The van der Waals surface area contributed by atoms with Gasteiger partial charge in [-0.15, -0.1) is 0 Å². The quantitative estimate of drug-likeness (QED) is 0.760. The van der Waals surface area contributed by atoms with Gasteiger partial charge in [-0.25, -0.2) is 9.67 Å². The van der Waals surface area contributed by atoms with Crippen molar-refractivity contribution >= 4 is 22.9 Å². The molecule has 0 saturated heterocycles. The maximum absolute atomic E-state index is 5.39. The maximum atomic E-state index is 5.39. The molecular formula is C15H18N4OS. The zero-order chi connectivity index (χ0) is 14.7. The van der Waals surface area contributed by atoms with E-state index < -0.39 is 0 Å². The van der Waals surface area contributed by atoms with Gasteiger partial charge in [0, 0.05) is 17.7 Å². The summed E-state index contributed by atoms with van der Waals surface area (Å²) in [5.74, 6) is 2.96. The van der Waals surface area contributed by atoms with Crippen LogP contribution in [-0.4, -0.2) is 38.9 Å². The Morgan fingerprint density at radius 3 is 3.00 bits per heavy atom. The van der Waals surface area contributed by atoms with Gasteiger partial charge in [0.15, 0.2) is 5.65 Å². The summed E-state index contributed by atoms with van der Waals surface area (Å²) < 4.78 is 7.30. The summed E-state index contributed by atoms with van der Waals surface area (Å²) >= 11 is 1.82. The van der Waals surface area contributed by atoms with Gasteiger partial charge in [0.25, 0.3) is 0 Å². The largest absolute Gasteiger partial charge is 0.496 e. The SMILES string of the molecule is COc1ccccc1Cn1ncc2[nH]c(CCSC)nc21. The number of imidazole rings is 1. The summed E-state index contributed by atoms with van der Waals surface area (Å²) in [6.45, 7) is 0.653. The molecule has 2 aromatic heterocycles. The fourth-order valence-electron chi connectivity index (χ4n) is 2.32. The number of hydrogen-bond acceptors (Lipinski definition) is 4. The molecule has 3 rings (SSSR count). The number of benzene rings is 1. The Hall–Kier alpha value is -1.95. The second-order valence-corrected chi connectivity index (χ2v) is 5.76. The molecule has 0 aliphatic carbocycles. The van der Waals surface area contributed by atoms with Crippen molar-refractivity contribution in [1.29, 1.82) is 0 Å². The van der Waals surface area contributed by atoms with Gasteiger partial charge in [-0.2, -0.15) is 16.9 Å². The number of aromatic amines is 1. The van der Waals surface area contributed by atoms with Crippen LogP contribution in [0.1, 0.15) is 11.4 Å². The van der Waals surface area contributed by atoms with Gasteiger partial charge in [0.2, 0.25) is 0 Å². The number of aryl methyl sites for hydroxylation is 1. The van der Waals surface area contributed by atoms with E-state index in [1.807, 2.05) is 46.9 Å². The number of nitrogens with one attached hydrogen (secondary N) is 1. The van der Waals surface area contributed by atoms with Crippen molar-refractivity contribution in [2.75, 3.05) is 19.1 Å². The Balaban J connectivity index is 1.88. The molecule has 0 unspecified atom stereocenters. The number of hydrogen-bond donors (Lipinski definition) is 1. The molecule has 21 heavy (non-hydrogen) atoms. The fourth-order valence-corrected chi connectivity index (χ4v) is 2.72. The number of aromatic nitrogens is 4. The average Bonchev–Trinajstić information content (AvgIpc) is 3.07. The number of fused-ring (bicyclic) bond motifs is 1. The van der Waals surface area contributed by atoms with Crippen molar-refractivity contribution in [3.05, 3.63) is 41.9 Å². The lowest BCUT2D eigenvalue weighted by Crippen LogP contribution is -2.04. The predicted molar refractivity (Wildman–Crippen MR) is 86.1 cm³/mol. The van der Waals surface area contributed by atoms with Crippen LogP contribution in [0.4, 0.5) is 0 Å². The Bertz CT molecular complexity index is 734. The van der Waals surface area contributed by atoms with Crippen molar-refractivity contribution in [3.8, 4) is 5.75 Å². The first-order valence-corrected chi connectivity index (χ1v) is 8.22. The minimum absolute atomic E-state index is 0.653. The highest BCUT2D eigenvalue weighted by Gasteiger charge is 2.11. The number of thioether (sulfide) groups is 1. The first-order chi connectivity index (χ1) is 10.3. The minimum Gasteiger partial charge on any atom is -0.496 e. The number of nitrogens with zero attached hydrogens (tertiary/aromatic N) is 3. The van der Waals surface area contributed by atoms with Crippen LogP contribution >= 0.6 is 11.8 Å². The van der Waals surface area contributed by atoms with Gasteiger partial charge in [-0.05, 0) is 12.3 Å². The Labute approximate surface area is 127 Å². The normalized spacial score (nSPS) is 11.1. The summed E-state index contributed by atoms with van der Waals surface area (Å²) in [6.07, 6.45) is 4.89. The lowest BCUT2D eigenvalue weighted by atomic mass is 10.2. The molecule has 0 radical (unpaired) electrons. The molecule has 0 aliphatic rings. The lowest BCUT2D eigenvalue weighted by Gasteiger charge is -2.08. The molecule has 1 N–H and O–H groups in total. The van der Waals surface area contributed by atoms with Crippen molar-refractivity contribution in [2.24, 2.45) is 0 Å². The van der Waals surface area contributed by atoms with Crippen LogP contribution in [-0.2, 0) is 13.0 Å². The van der Waals surface area contributed by atoms with Gasteiger partial charge in [0.05, 0.1) is 19.9 Å². The number of rotatable bonds is 6. The predicted octanol–water partition coefficient (Wildman–Crippen LogP) is 2.72.